The number of para-hydroxylation sites is 1. The molecule has 3 aliphatic heterocycles. The van der Waals surface area contributed by atoms with Crippen LogP contribution in [0.1, 0.15) is 39.5 Å². The molecule has 6 rings (SSSR count). The number of carbonyl (C=O) groups is 1. The van der Waals surface area contributed by atoms with E-state index >= 15 is 0 Å². The minimum absolute atomic E-state index is 0.0538. The summed E-state index contributed by atoms with van der Waals surface area (Å²) >= 11 is 0. The maximum Gasteiger partial charge on any atom is 0.250 e. The van der Waals surface area contributed by atoms with Crippen molar-refractivity contribution in [2.24, 2.45) is 5.92 Å². The van der Waals surface area contributed by atoms with Gasteiger partial charge in [0.1, 0.15) is 11.5 Å². The van der Waals surface area contributed by atoms with Crippen LogP contribution in [0.25, 0.3) is 6.08 Å². The minimum atomic E-state index is -0.245. The maximum atomic E-state index is 13.2. The Morgan fingerprint density at radius 1 is 1.03 bits per heavy atom. The molecule has 37 heavy (non-hydrogen) atoms. The smallest absolute Gasteiger partial charge is 0.250 e. The topological polar surface area (TPSA) is 90.2 Å². The molecule has 0 spiro atoms. The number of allylic oxidation sites excluding steroid dienone is 1. The fourth-order valence-corrected chi connectivity index (χ4v) is 5.96. The van der Waals surface area contributed by atoms with Crippen molar-refractivity contribution in [2.75, 3.05) is 27.3 Å². The van der Waals surface area contributed by atoms with Crippen molar-refractivity contribution in [3.8, 4) is 23.0 Å². The average molecular weight is 501 g/mol. The Kier molecular flexibility index (Phi) is 5.76. The van der Waals surface area contributed by atoms with E-state index < -0.39 is 0 Å². The summed E-state index contributed by atoms with van der Waals surface area (Å²) in [5.41, 5.74) is 2.80. The highest BCUT2D eigenvalue weighted by molar-refractivity contribution is 6.15. The van der Waals surface area contributed by atoms with E-state index in [-0.39, 0.29) is 28.8 Å². The molecule has 0 unspecified atom stereocenters. The van der Waals surface area contributed by atoms with Gasteiger partial charge in [0, 0.05) is 49.4 Å². The summed E-state index contributed by atoms with van der Waals surface area (Å²) < 4.78 is 18.9. The number of fused-ring (bicyclic) bond motifs is 5. The molecular formula is C29H28N2O6. The van der Waals surface area contributed by atoms with Crippen molar-refractivity contribution in [1.82, 2.24) is 9.47 Å². The number of phenolic OH excluding ortho intramolecular Hbond substituents is 1. The van der Waals surface area contributed by atoms with E-state index in [9.17, 15) is 14.7 Å². The molecule has 2 aromatic carbocycles. The average Bonchev–Trinajstić information content (AvgIpc) is 3.21. The molecule has 0 radical (unpaired) electrons. The zero-order chi connectivity index (χ0) is 25.7. The van der Waals surface area contributed by atoms with E-state index in [1.165, 1.54) is 0 Å². The van der Waals surface area contributed by atoms with E-state index in [2.05, 4.69) is 4.90 Å². The van der Waals surface area contributed by atoms with Gasteiger partial charge >= 0.3 is 0 Å². The van der Waals surface area contributed by atoms with Crippen molar-refractivity contribution in [3.63, 3.8) is 0 Å². The molecule has 190 valence electrons. The zero-order valence-corrected chi connectivity index (χ0v) is 20.8. The fraction of sp³-hybridized carbons (Fsp3) is 0.310. The monoisotopic (exact) mass is 500 g/mol. The predicted molar refractivity (Wildman–Crippen MR) is 137 cm³/mol. The number of rotatable bonds is 5. The molecule has 0 amide bonds. The number of hydrogen-bond donors (Lipinski definition) is 1. The number of ether oxygens (including phenoxy) is 3. The second-order valence-corrected chi connectivity index (χ2v) is 9.85. The molecule has 3 aromatic rings. The number of piperidine rings is 1. The van der Waals surface area contributed by atoms with Gasteiger partial charge in [-0.25, -0.2) is 0 Å². The third-order valence-electron chi connectivity index (χ3n) is 7.57. The van der Waals surface area contributed by atoms with Gasteiger partial charge < -0.3 is 23.9 Å². The van der Waals surface area contributed by atoms with Crippen LogP contribution < -0.4 is 19.8 Å². The third kappa shape index (κ3) is 3.97. The number of pyridine rings is 1. The zero-order valence-electron chi connectivity index (χ0n) is 20.8. The lowest BCUT2D eigenvalue weighted by atomic mass is 9.83. The van der Waals surface area contributed by atoms with Crippen molar-refractivity contribution < 1.29 is 24.1 Å². The summed E-state index contributed by atoms with van der Waals surface area (Å²) in [7, 11) is 3.10. The number of ketones is 1. The van der Waals surface area contributed by atoms with E-state index in [0.29, 0.717) is 52.9 Å². The maximum absolute atomic E-state index is 13.2. The van der Waals surface area contributed by atoms with Crippen LogP contribution in [-0.2, 0) is 13.1 Å². The summed E-state index contributed by atoms with van der Waals surface area (Å²) in [5, 5.41) is 10.8. The number of benzene rings is 2. The van der Waals surface area contributed by atoms with Crippen LogP contribution in [-0.4, -0.2) is 47.7 Å². The Balaban J connectivity index is 1.29. The summed E-state index contributed by atoms with van der Waals surface area (Å²) in [6, 6.07) is 14.1. The Labute approximate surface area is 214 Å². The normalized spacial score (nSPS) is 21.4. The standard InChI is InChI=1S/C29H28N2O6/c1-35-24-7-3-5-18(28(24)36-2)12-25-27(34)20-9-10-23(32)21(29(20)37-25)16-30-13-17-11-19(15-30)22-6-4-8-26(33)31(22)14-17/h3-10,12,17,19,32H,11,13-16H2,1-2H3/b25-12-/t17-,19+/m0/s1. The molecule has 4 heterocycles. The van der Waals surface area contributed by atoms with E-state index in [1.54, 1.807) is 44.6 Å². The lowest BCUT2D eigenvalue weighted by Crippen LogP contribution is -2.46. The number of hydrogen-bond acceptors (Lipinski definition) is 7. The van der Waals surface area contributed by atoms with Gasteiger partial charge in [-0.3, -0.25) is 14.5 Å². The molecule has 2 bridgehead atoms. The van der Waals surface area contributed by atoms with E-state index in [0.717, 1.165) is 25.2 Å². The molecular weight excluding hydrogens is 472 g/mol. The number of phenols is 1. The molecule has 2 atom stereocenters. The Morgan fingerprint density at radius 3 is 2.68 bits per heavy atom. The van der Waals surface area contributed by atoms with Crippen LogP contribution in [0.3, 0.4) is 0 Å². The highest BCUT2D eigenvalue weighted by Crippen LogP contribution is 2.43. The lowest BCUT2D eigenvalue weighted by Gasteiger charge is -2.42. The molecule has 1 saturated heterocycles. The van der Waals surface area contributed by atoms with Gasteiger partial charge in [0.25, 0.3) is 5.56 Å². The predicted octanol–water partition coefficient (Wildman–Crippen LogP) is 3.81. The van der Waals surface area contributed by atoms with Gasteiger partial charge in [-0.1, -0.05) is 18.2 Å². The number of methoxy groups -OCH3 is 2. The second-order valence-electron chi connectivity index (χ2n) is 9.85. The third-order valence-corrected chi connectivity index (χ3v) is 7.57. The number of aromatic nitrogens is 1. The van der Waals surface area contributed by atoms with Crippen molar-refractivity contribution in [1.29, 1.82) is 0 Å². The van der Waals surface area contributed by atoms with Gasteiger partial charge in [0.05, 0.1) is 25.3 Å². The van der Waals surface area contributed by atoms with Gasteiger partial charge in [-0.2, -0.15) is 0 Å². The first-order valence-corrected chi connectivity index (χ1v) is 12.4. The Hall–Kier alpha value is -4.04. The van der Waals surface area contributed by atoms with Crippen LogP contribution in [0.15, 0.2) is 59.1 Å². The van der Waals surface area contributed by atoms with E-state index in [4.69, 9.17) is 14.2 Å². The number of carbonyl (C=O) groups excluding carboxylic acids is 1. The molecule has 3 aliphatic rings. The number of likely N-dealkylation sites (tertiary alicyclic amines) is 1. The summed E-state index contributed by atoms with van der Waals surface area (Å²) in [5.74, 6) is 2.07. The molecule has 0 aliphatic carbocycles. The van der Waals surface area contributed by atoms with Crippen LogP contribution in [0.2, 0.25) is 0 Å². The second kappa shape index (κ2) is 9.12. The molecule has 1 fully saturated rings. The van der Waals surface area contributed by atoms with Crippen LogP contribution in [0.5, 0.6) is 23.0 Å². The Bertz CT molecular complexity index is 1490. The quantitative estimate of drug-likeness (QED) is 0.533. The summed E-state index contributed by atoms with van der Waals surface area (Å²) in [4.78, 5) is 27.9. The van der Waals surface area contributed by atoms with Gasteiger partial charge in [0.15, 0.2) is 17.3 Å². The van der Waals surface area contributed by atoms with E-state index in [1.807, 2.05) is 28.8 Å². The first-order chi connectivity index (χ1) is 18.0. The molecule has 1 aromatic heterocycles. The summed E-state index contributed by atoms with van der Waals surface area (Å²) in [6.45, 7) is 2.71. The molecule has 8 nitrogen and oxygen atoms in total. The van der Waals surface area contributed by atoms with Crippen LogP contribution >= 0.6 is 0 Å². The van der Waals surface area contributed by atoms with Crippen molar-refractivity contribution >= 4 is 11.9 Å². The van der Waals surface area contributed by atoms with Gasteiger partial charge in [-0.05, 0) is 42.7 Å². The van der Waals surface area contributed by atoms with Gasteiger partial charge in [0.2, 0.25) is 5.78 Å². The highest BCUT2D eigenvalue weighted by Gasteiger charge is 2.37. The SMILES string of the molecule is COc1cccc(/C=C2\Oc3c(ccc(O)c3CN3C[C@@H]4C[C@H](C3)c3cccc(=O)n3C4)C2=O)c1OC. The highest BCUT2D eigenvalue weighted by atomic mass is 16.5. The first-order valence-electron chi connectivity index (χ1n) is 12.4. The molecule has 1 N–H and O–H groups in total. The Morgan fingerprint density at radius 2 is 1.86 bits per heavy atom. The largest absolute Gasteiger partial charge is 0.507 e. The van der Waals surface area contributed by atoms with Crippen LogP contribution in [0.4, 0.5) is 0 Å². The van der Waals surface area contributed by atoms with Crippen molar-refractivity contribution in [2.45, 2.75) is 25.4 Å². The molecule has 0 saturated carbocycles. The number of aromatic hydroxyl groups is 1. The van der Waals surface area contributed by atoms with Gasteiger partial charge in [-0.15, -0.1) is 0 Å². The van der Waals surface area contributed by atoms with Crippen LogP contribution in [0, 0.1) is 5.92 Å². The number of nitrogens with zero attached hydrogens (tertiary/aromatic N) is 2. The lowest BCUT2D eigenvalue weighted by molar-refractivity contribution is 0.101. The molecule has 8 heteroatoms. The van der Waals surface area contributed by atoms with Crippen molar-refractivity contribution in [3.05, 3.63) is 87.0 Å². The number of Topliss-reactive ketones (excluding diaryl/α,β-unsaturated/α-hetero) is 1. The minimum Gasteiger partial charge on any atom is -0.507 e. The summed E-state index contributed by atoms with van der Waals surface area (Å²) in [6.07, 6.45) is 2.69. The first kappa shape index (κ1) is 23.4. The fourth-order valence-electron chi connectivity index (χ4n) is 5.96.